The predicted octanol–water partition coefficient (Wildman–Crippen LogP) is -5.14. The predicted molar refractivity (Wildman–Crippen MR) is 79.0 cm³/mol. The summed E-state index contributed by atoms with van der Waals surface area (Å²) in [7, 11) is -1.14. The van der Waals surface area contributed by atoms with Gasteiger partial charge in [0.15, 0.2) is 0 Å². The second-order valence-electron chi connectivity index (χ2n) is 5.86. The molecule has 5 heteroatoms. The summed E-state index contributed by atoms with van der Waals surface area (Å²) in [6.07, 6.45) is 1.07. The molecule has 0 N–H and O–H groups in total. The summed E-state index contributed by atoms with van der Waals surface area (Å²) in [6, 6.07) is 15.7. The van der Waals surface area contributed by atoms with Crippen molar-refractivity contribution in [2.24, 2.45) is 0 Å². The second kappa shape index (κ2) is 11.0. The fourth-order valence-electron chi connectivity index (χ4n) is 2.10. The second-order valence-corrected chi connectivity index (χ2v) is 10.9. The van der Waals surface area contributed by atoms with E-state index < -0.39 is 8.07 Å². The Bertz CT molecular complexity index is 518. The molecule has 0 aromatic heterocycles. The van der Waals surface area contributed by atoms with Crippen molar-refractivity contribution >= 4 is 13.3 Å². The molecule has 0 aliphatic rings. The number of rotatable bonds is 3. The van der Waals surface area contributed by atoms with Gasteiger partial charge in [-0.25, -0.2) is 11.3 Å². The van der Waals surface area contributed by atoms with Crippen molar-refractivity contribution in [3.8, 4) is 0 Å². The van der Waals surface area contributed by atoms with Crippen LogP contribution >= 0.6 is 0 Å². The first-order valence-corrected chi connectivity index (χ1v) is 9.77. The molecule has 2 aromatic rings. The van der Waals surface area contributed by atoms with Gasteiger partial charge in [0, 0.05) is 8.07 Å². The van der Waals surface area contributed by atoms with E-state index in [1.807, 2.05) is 0 Å². The first kappa shape index (κ1) is 26.3. The van der Waals surface area contributed by atoms with Crippen LogP contribution in [0.2, 0.25) is 19.6 Å². The van der Waals surface area contributed by atoms with E-state index in [1.54, 1.807) is 5.19 Å². The molecule has 0 radical (unpaired) electrons. The topological polar surface area (TPSA) is 0 Å². The third-order valence-electron chi connectivity index (χ3n) is 3.34. The first-order chi connectivity index (χ1) is 7.97. The van der Waals surface area contributed by atoms with Gasteiger partial charge in [-0.1, -0.05) is 49.5 Å². The Morgan fingerprint density at radius 3 is 2.00 bits per heavy atom. The maximum Gasteiger partial charge on any atom is 4.00 e. The van der Waals surface area contributed by atoms with E-state index in [4.69, 9.17) is 0 Å². The van der Waals surface area contributed by atoms with Crippen molar-refractivity contribution in [1.29, 1.82) is 0 Å². The van der Waals surface area contributed by atoms with E-state index in [2.05, 4.69) is 69.0 Å². The van der Waals surface area contributed by atoms with Crippen LogP contribution in [0.3, 0.4) is 0 Å². The number of hydrogen-bond donors (Lipinski definition) is 0. The molecular formula is C16H21Cl3SiTi. The molecule has 0 nitrogen and oxygen atoms in total. The van der Waals surface area contributed by atoms with Crippen molar-refractivity contribution in [1.82, 2.24) is 0 Å². The van der Waals surface area contributed by atoms with E-state index in [0.29, 0.717) is 0 Å². The van der Waals surface area contributed by atoms with Crippen molar-refractivity contribution in [2.45, 2.75) is 33.0 Å². The number of benzene rings is 1. The molecule has 2 rings (SSSR count). The van der Waals surface area contributed by atoms with E-state index in [1.165, 1.54) is 16.7 Å². The van der Waals surface area contributed by atoms with Crippen LogP contribution in [0.25, 0.3) is 0 Å². The van der Waals surface area contributed by atoms with Gasteiger partial charge >= 0.3 is 21.7 Å². The number of hydrogen-bond acceptors (Lipinski definition) is 0. The van der Waals surface area contributed by atoms with Crippen molar-refractivity contribution in [3.63, 3.8) is 0 Å². The van der Waals surface area contributed by atoms with Crippen LogP contribution in [0.5, 0.6) is 0 Å². The Kier molecular flexibility index (Phi) is 13.8. The van der Waals surface area contributed by atoms with E-state index in [9.17, 15) is 0 Å². The van der Waals surface area contributed by atoms with Crippen LogP contribution in [0.4, 0.5) is 0 Å². The van der Waals surface area contributed by atoms with Crippen molar-refractivity contribution in [3.05, 3.63) is 59.2 Å². The van der Waals surface area contributed by atoms with Gasteiger partial charge < -0.3 is 37.2 Å². The quantitative estimate of drug-likeness (QED) is 0.360. The normalized spacial score (nSPS) is 9.52. The minimum absolute atomic E-state index is 0. The smallest absolute Gasteiger partial charge is 1.00 e. The molecule has 0 bridgehead atoms. The monoisotopic (exact) mass is 394 g/mol. The largest absolute Gasteiger partial charge is 4.00 e. The van der Waals surface area contributed by atoms with Crippen LogP contribution < -0.4 is 42.4 Å². The molecule has 0 saturated heterocycles. The summed E-state index contributed by atoms with van der Waals surface area (Å²) in [6.45, 7) is 9.40. The molecule has 0 aliphatic carbocycles. The molecule has 0 fully saturated rings. The molecule has 0 aliphatic heterocycles. The van der Waals surface area contributed by atoms with Gasteiger partial charge in [0.2, 0.25) is 0 Å². The van der Waals surface area contributed by atoms with Crippen molar-refractivity contribution < 1.29 is 58.9 Å². The van der Waals surface area contributed by atoms with Gasteiger partial charge in [-0.15, -0.1) is 0 Å². The van der Waals surface area contributed by atoms with Gasteiger partial charge in [0.1, 0.15) is 0 Å². The number of halogens is 3. The maximum absolute atomic E-state index is 2.40. The SMILES string of the molecule is Cc1ccccc1C[c-]1ccc([Si](C)(C)C)c1.[Cl-].[Cl-].[Cl-].[Ti+4]. The molecule has 2 aromatic carbocycles. The average molecular weight is 396 g/mol. The minimum Gasteiger partial charge on any atom is -1.00 e. The van der Waals surface area contributed by atoms with E-state index >= 15 is 0 Å². The zero-order valence-electron chi connectivity index (χ0n) is 12.9. The van der Waals surface area contributed by atoms with E-state index in [-0.39, 0.29) is 58.9 Å². The Morgan fingerprint density at radius 2 is 1.52 bits per heavy atom. The van der Waals surface area contributed by atoms with Gasteiger partial charge in [-0.3, -0.25) is 0 Å². The molecule has 0 saturated carbocycles. The fraction of sp³-hybridized carbons (Fsp3) is 0.312. The average Bonchev–Trinajstić information content (AvgIpc) is 2.69. The van der Waals surface area contributed by atoms with Crippen LogP contribution in [-0.2, 0) is 28.1 Å². The molecule has 0 atom stereocenters. The Balaban J connectivity index is -0.000000810. The summed E-state index contributed by atoms with van der Waals surface area (Å²) >= 11 is 0. The van der Waals surface area contributed by atoms with Gasteiger partial charge in [0.05, 0.1) is 0 Å². The molecule has 0 unspecified atom stereocenters. The Labute approximate surface area is 163 Å². The molecule has 0 amide bonds. The molecule has 0 heterocycles. The maximum atomic E-state index is 2.40. The Hall–Kier alpha value is 0.371. The van der Waals surface area contributed by atoms with Crippen LogP contribution in [0.1, 0.15) is 16.7 Å². The van der Waals surface area contributed by atoms with Gasteiger partial charge in [0.25, 0.3) is 0 Å². The van der Waals surface area contributed by atoms with Crippen LogP contribution in [0, 0.1) is 6.92 Å². The fourth-order valence-corrected chi connectivity index (χ4v) is 3.30. The molecule has 0 spiro atoms. The molecule has 114 valence electrons. The third kappa shape index (κ3) is 7.45. The minimum atomic E-state index is -1.14. The summed E-state index contributed by atoms with van der Waals surface area (Å²) in [4.78, 5) is 0. The zero-order chi connectivity index (χ0) is 12.5. The van der Waals surface area contributed by atoms with Gasteiger partial charge in [-0.2, -0.15) is 17.7 Å². The first-order valence-electron chi connectivity index (χ1n) is 6.27. The van der Waals surface area contributed by atoms with Gasteiger partial charge in [-0.05, 0) is 18.9 Å². The zero-order valence-corrected chi connectivity index (χ0v) is 17.7. The van der Waals surface area contributed by atoms with Crippen LogP contribution in [0.15, 0.2) is 42.5 Å². The summed E-state index contributed by atoms with van der Waals surface area (Å²) in [5.41, 5.74) is 4.29. The van der Waals surface area contributed by atoms with Crippen molar-refractivity contribution in [2.75, 3.05) is 0 Å². The third-order valence-corrected chi connectivity index (χ3v) is 5.38. The summed E-state index contributed by atoms with van der Waals surface area (Å²) in [5.74, 6) is 0. The summed E-state index contributed by atoms with van der Waals surface area (Å²) in [5, 5.41) is 1.57. The summed E-state index contributed by atoms with van der Waals surface area (Å²) < 4.78 is 0. The molecular weight excluding hydrogens is 374 g/mol. The standard InChI is InChI=1S/C16H21Si.3ClH.Ti/c1-13-7-5-6-8-15(13)11-14-9-10-16(12-14)17(2,3)4;;;;/h5-10,12H,11H2,1-4H3;3*1H;/q-1;;;;+4/p-3. The number of aryl methyl sites for hydroxylation is 1. The van der Waals surface area contributed by atoms with Crippen LogP contribution in [-0.4, -0.2) is 8.07 Å². The molecule has 21 heavy (non-hydrogen) atoms. The Morgan fingerprint density at radius 1 is 0.952 bits per heavy atom. The van der Waals surface area contributed by atoms with E-state index in [0.717, 1.165) is 6.42 Å².